The predicted molar refractivity (Wildman–Crippen MR) is 107 cm³/mol. The zero-order valence-corrected chi connectivity index (χ0v) is 17.0. The largest absolute Gasteiger partial charge is 0.497 e. The molecule has 1 fully saturated rings. The smallest absolute Gasteiger partial charge is 0.246 e. The molecule has 1 aromatic rings. The average Bonchev–Trinajstić information content (AvgIpc) is 2.63. The van der Waals surface area contributed by atoms with E-state index in [0.717, 1.165) is 11.4 Å². The maximum absolute atomic E-state index is 12.9. The van der Waals surface area contributed by atoms with Crippen LogP contribution in [0.15, 0.2) is 24.3 Å². The van der Waals surface area contributed by atoms with Gasteiger partial charge in [-0.3, -0.25) is 14.4 Å². The third-order valence-electron chi connectivity index (χ3n) is 4.45. The highest BCUT2D eigenvalue weighted by Crippen LogP contribution is 2.25. The van der Waals surface area contributed by atoms with E-state index in [9.17, 15) is 14.4 Å². The molecule has 0 spiro atoms. The third kappa shape index (κ3) is 5.38. The summed E-state index contributed by atoms with van der Waals surface area (Å²) in [6.45, 7) is 3.72. The molecule has 2 atom stereocenters. The molecule has 1 N–H and O–H groups in total. The molecule has 2 rings (SSSR count). The van der Waals surface area contributed by atoms with Crippen LogP contribution < -0.4 is 15.0 Å². The van der Waals surface area contributed by atoms with Crippen molar-refractivity contribution in [3.8, 4) is 5.75 Å². The second kappa shape index (κ2) is 9.64. The van der Waals surface area contributed by atoms with E-state index in [4.69, 9.17) is 4.74 Å². The first-order chi connectivity index (χ1) is 12.9. The van der Waals surface area contributed by atoms with Crippen molar-refractivity contribution in [2.75, 3.05) is 37.1 Å². The Morgan fingerprint density at radius 2 is 2.15 bits per heavy atom. The minimum Gasteiger partial charge on any atom is -0.497 e. The Labute approximate surface area is 164 Å². The van der Waals surface area contributed by atoms with Gasteiger partial charge < -0.3 is 19.9 Å². The molecule has 0 aromatic heterocycles. The lowest BCUT2D eigenvalue weighted by molar-refractivity contribution is -0.140. The fourth-order valence-electron chi connectivity index (χ4n) is 3.24. The number of rotatable bonds is 7. The Kier molecular flexibility index (Phi) is 7.53. The Morgan fingerprint density at radius 1 is 1.41 bits per heavy atom. The molecule has 1 saturated heterocycles. The van der Waals surface area contributed by atoms with E-state index < -0.39 is 6.04 Å². The number of carbonyl (C=O) groups excluding carboxylic acids is 3. The summed E-state index contributed by atoms with van der Waals surface area (Å²) in [6.07, 6.45) is 2.49. The number of hydrogen-bond acceptors (Lipinski definition) is 5. The van der Waals surface area contributed by atoms with Crippen LogP contribution >= 0.6 is 11.8 Å². The van der Waals surface area contributed by atoms with Crippen LogP contribution in [0.5, 0.6) is 5.75 Å². The van der Waals surface area contributed by atoms with E-state index >= 15 is 0 Å². The second-order valence-electron chi connectivity index (χ2n) is 6.57. The van der Waals surface area contributed by atoms with Crippen LogP contribution in [0.1, 0.15) is 20.3 Å². The molecule has 148 valence electrons. The monoisotopic (exact) mass is 393 g/mol. The van der Waals surface area contributed by atoms with Crippen molar-refractivity contribution in [1.82, 2.24) is 10.2 Å². The van der Waals surface area contributed by atoms with Gasteiger partial charge in [-0.25, -0.2) is 0 Å². The summed E-state index contributed by atoms with van der Waals surface area (Å²) in [5.41, 5.74) is 0.750. The fourth-order valence-corrected chi connectivity index (χ4v) is 3.71. The summed E-state index contributed by atoms with van der Waals surface area (Å²) < 4.78 is 5.24. The molecule has 0 bridgehead atoms. The molecule has 0 radical (unpaired) electrons. The molecular weight excluding hydrogens is 366 g/mol. The number of nitrogens with one attached hydrogen (secondary N) is 1. The van der Waals surface area contributed by atoms with E-state index in [1.165, 1.54) is 6.92 Å². The van der Waals surface area contributed by atoms with E-state index in [0.29, 0.717) is 18.7 Å². The molecule has 3 amide bonds. The summed E-state index contributed by atoms with van der Waals surface area (Å²) in [4.78, 5) is 40.4. The first-order valence-electron chi connectivity index (χ1n) is 8.88. The van der Waals surface area contributed by atoms with E-state index in [1.54, 1.807) is 28.7 Å². The summed E-state index contributed by atoms with van der Waals surface area (Å²) >= 11 is 1.61. The quantitative estimate of drug-likeness (QED) is 0.760. The number of methoxy groups -OCH3 is 1. The van der Waals surface area contributed by atoms with Crippen molar-refractivity contribution in [2.45, 2.75) is 32.4 Å². The van der Waals surface area contributed by atoms with Gasteiger partial charge in [-0.15, -0.1) is 0 Å². The normalized spacial score (nSPS) is 18.2. The van der Waals surface area contributed by atoms with Gasteiger partial charge in [0.05, 0.1) is 13.2 Å². The summed E-state index contributed by atoms with van der Waals surface area (Å²) in [7, 11) is 1.58. The van der Waals surface area contributed by atoms with E-state index in [-0.39, 0.29) is 30.3 Å². The van der Waals surface area contributed by atoms with Gasteiger partial charge in [0.2, 0.25) is 17.7 Å². The molecule has 8 heteroatoms. The fraction of sp³-hybridized carbons (Fsp3) is 0.526. The number of anilines is 1. The number of amides is 3. The van der Waals surface area contributed by atoms with Crippen LogP contribution in [0.2, 0.25) is 0 Å². The lowest BCUT2D eigenvalue weighted by atomic mass is 10.1. The standard InChI is InChI=1S/C19H27N3O4S/c1-13-11-21(19(25)17(8-9-27-4)20-14(2)23)12-18(24)22(13)15-6-5-7-16(10-15)26-3/h5-7,10,13,17H,8-9,11-12H2,1-4H3,(H,20,23)/t13?,17-/m0/s1. The van der Waals surface area contributed by atoms with Crippen molar-refractivity contribution in [3.05, 3.63) is 24.3 Å². The highest BCUT2D eigenvalue weighted by atomic mass is 32.2. The lowest BCUT2D eigenvalue weighted by Crippen LogP contribution is -2.60. The zero-order valence-electron chi connectivity index (χ0n) is 16.2. The van der Waals surface area contributed by atoms with E-state index in [2.05, 4.69) is 5.32 Å². The number of benzene rings is 1. The van der Waals surface area contributed by atoms with Gasteiger partial charge in [-0.2, -0.15) is 11.8 Å². The van der Waals surface area contributed by atoms with Gasteiger partial charge in [0.15, 0.2) is 0 Å². The van der Waals surface area contributed by atoms with Crippen LogP contribution in [0.4, 0.5) is 5.69 Å². The van der Waals surface area contributed by atoms with Gasteiger partial charge >= 0.3 is 0 Å². The van der Waals surface area contributed by atoms with Crippen LogP contribution in [-0.2, 0) is 14.4 Å². The first kappa shape index (κ1) is 21.1. The van der Waals surface area contributed by atoms with Gasteiger partial charge in [0.1, 0.15) is 18.3 Å². The molecule has 1 aromatic carbocycles. The Balaban J connectivity index is 2.13. The Hall–Kier alpha value is -2.22. The number of piperazine rings is 1. The maximum atomic E-state index is 12.9. The minimum atomic E-state index is -0.599. The average molecular weight is 394 g/mol. The molecule has 7 nitrogen and oxygen atoms in total. The van der Waals surface area contributed by atoms with Crippen LogP contribution in [0, 0.1) is 0 Å². The third-order valence-corrected chi connectivity index (χ3v) is 5.09. The lowest BCUT2D eigenvalue weighted by Gasteiger charge is -2.40. The van der Waals surface area contributed by atoms with Gasteiger partial charge in [0, 0.05) is 25.2 Å². The van der Waals surface area contributed by atoms with Crippen molar-refractivity contribution < 1.29 is 19.1 Å². The molecule has 1 heterocycles. The molecule has 1 aliphatic rings. The van der Waals surface area contributed by atoms with Gasteiger partial charge in [-0.1, -0.05) is 6.07 Å². The second-order valence-corrected chi connectivity index (χ2v) is 7.55. The van der Waals surface area contributed by atoms with Crippen molar-refractivity contribution in [3.63, 3.8) is 0 Å². The number of nitrogens with zero attached hydrogens (tertiary/aromatic N) is 2. The minimum absolute atomic E-state index is 0.00423. The van der Waals surface area contributed by atoms with Crippen molar-refractivity contribution in [2.24, 2.45) is 0 Å². The van der Waals surface area contributed by atoms with Crippen LogP contribution in [0.3, 0.4) is 0 Å². The molecule has 1 aliphatic heterocycles. The Morgan fingerprint density at radius 3 is 2.74 bits per heavy atom. The van der Waals surface area contributed by atoms with E-state index in [1.807, 2.05) is 37.4 Å². The van der Waals surface area contributed by atoms with Gasteiger partial charge in [-0.05, 0) is 37.5 Å². The molecule has 27 heavy (non-hydrogen) atoms. The van der Waals surface area contributed by atoms with Crippen LogP contribution in [-0.4, -0.2) is 66.9 Å². The molecule has 1 unspecified atom stereocenters. The molecular formula is C19H27N3O4S. The first-order valence-corrected chi connectivity index (χ1v) is 10.3. The SMILES string of the molecule is COc1cccc(N2C(=O)CN(C(=O)[C@H](CCSC)NC(C)=O)CC2C)c1. The Bertz CT molecular complexity index is 697. The van der Waals surface area contributed by atoms with Gasteiger partial charge in [0.25, 0.3) is 0 Å². The highest BCUT2D eigenvalue weighted by Gasteiger charge is 2.35. The summed E-state index contributed by atoms with van der Waals surface area (Å²) in [5.74, 6) is 0.827. The summed E-state index contributed by atoms with van der Waals surface area (Å²) in [6, 6.07) is 6.54. The predicted octanol–water partition coefficient (Wildman–Crippen LogP) is 1.52. The highest BCUT2D eigenvalue weighted by molar-refractivity contribution is 7.98. The van der Waals surface area contributed by atoms with Crippen molar-refractivity contribution >= 4 is 35.2 Å². The van der Waals surface area contributed by atoms with Crippen molar-refractivity contribution in [1.29, 1.82) is 0 Å². The maximum Gasteiger partial charge on any atom is 0.246 e. The topological polar surface area (TPSA) is 79.0 Å². The number of hydrogen-bond donors (Lipinski definition) is 1. The number of thioether (sulfide) groups is 1. The number of carbonyl (C=O) groups is 3. The number of ether oxygens (including phenoxy) is 1. The van der Waals surface area contributed by atoms with Crippen LogP contribution in [0.25, 0.3) is 0 Å². The molecule has 0 saturated carbocycles. The summed E-state index contributed by atoms with van der Waals surface area (Å²) in [5, 5.41) is 2.71. The molecule has 0 aliphatic carbocycles. The zero-order chi connectivity index (χ0) is 20.0.